The van der Waals surface area contributed by atoms with Crippen LogP contribution in [0.15, 0.2) is 23.6 Å². The van der Waals surface area contributed by atoms with Gasteiger partial charge in [-0.05, 0) is 18.6 Å². The average molecular weight is 338 g/mol. The van der Waals surface area contributed by atoms with Gasteiger partial charge >= 0.3 is 0 Å². The molecule has 1 atom stereocenters. The Hall–Kier alpha value is -2.06. The zero-order chi connectivity index (χ0) is 16.4. The van der Waals surface area contributed by atoms with Crippen LogP contribution < -0.4 is 16.0 Å². The van der Waals surface area contributed by atoms with Crippen LogP contribution in [0.2, 0.25) is 0 Å². The van der Waals surface area contributed by atoms with E-state index >= 15 is 0 Å². The first-order chi connectivity index (χ1) is 11.1. The van der Waals surface area contributed by atoms with E-state index in [0.29, 0.717) is 36.8 Å². The molecule has 0 spiro atoms. The summed E-state index contributed by atoms with van der Waals surface area (Å²) >= 11 is 1.33. The predicted molar refractivity (Wildman–Crippen MR) is 84.4 cm³/mol. The molecule has 8 heteroatoms. The van der Waals surface area contributed by atoms with Gasteiger partial charge in [0.15, 0.2) is 0 Å². The van der Waals surface area contributed by atoms with Crippen molar-refractivity contribution in [3.63, 3.8) is 0 Å². The highest BCUT2D eigenvalue weighted by molar-refractivity contribution is 7.09. The maximum Gasteiger partial charge on any atom is 0.271 e. The van der Waals surface area contributed by atoms with E-state index in [0.717, 1.165) is 0 Å². The predicted octanol–water partition coefficient (Wildman–Crippen LogP) is 1.89. The lowest BCUT2D eigenvalue weighted by molar-refractivity contribution is 0.0936. The fourth-order valence-corrected chi connectivity index (χ4v) is 3.30. The van der Waals surface area contributed by atoms with Crippen LogP contribution in [0.25, 0.3) is 0 Å². The molecule has 1 unspecified atom stereocenters. The topological polar surface area (TPSA) is 71.2 Å². The van der Waals surface area contributed by atoms with E-state index in [-0.39, 0.29) is 17.6 Å². The molecule has 1 saturated heterocycles. The number of nitrogens with two attached hydrogens (primary N) is 1. The summed E-state index contributed by atoms with van der Waals surface area (Å²) in [6.07, 6.45) is 0.618. The highest BCUT2D eigenvalue weighted by Crippen LogP contribution is 2.26. The summed E-state index contributed by atoms with van der Waals surface area (Å²) in [5.74, 6) is -1.48. The molecular formula is C15H16F2N4OS. The molecule has 1 fully saturated rings. The molecule has 0 bridgehead atoms. The minimum atomic E-state index is -0.593. The summed E-state index contributed by atoms with van der Waals surface area (Å²) < 4.78 is 27.6. The quantitative estimate of drug-likeness (QED) is 0.893. The first-order valence-corrected chi connectivity index (χ1v) is 8.10. The van der Waals surface area contributed by atoms with Gasteiger partial charge in [-0.3, -0.25) is 4.79 Å². The van der Waals surface area contributed by atoms with Crippen molar-refractivity contribution in [3.05, 3.63) is 45.9 Å². The molecule has 1 aliphatic heterocycles. The van der Waals surface area contributed by atoms with Crippen molar-refractivity contribution in [2.45, 2.75) is 19.0 Å². The van der Waals surface area contributed by atoms with E-state index in [4.69, 9.17) is 5.73 Å². The molecule has 0 radical (unpaired) electrons. The second-order valence-electron chi connectivity index (χ2n) is 5.31. The first-order valence-electron chi connectivity index (χ1n) is 7.22. The van der Waals surface area contributed by atoms with Crippen molar-refractivity contribution < 1.29 is 13.6 Å². The highest BCUT2D eigenvalue weighted by atomic mass is 32.1. The van der Waals surface area contributed by atoms with Gasteiger partial charge in [0.1, 0.15) is 28.0 Å². The van der Waals surface area contributed by atoms with Gasteiger partial charge in [0, 0.05) is 31.1 Å². The summed E-state index contributed by atoms with van der Waals surface area (Å²) in [7, 11) is 0. The summed E-state index contributed by atoms with van der Waals surface area (Å²) in [6, 6.07) is 3.62. The van der Waals surface area contributed by atoms with Crippen molar-refractivity contribution in [3.8, 4) is 0 Å². The molecule has 5 nitrogen and oxygen atoms in total. The molecule has 23 heavy (non-hydrogen) atoms. The van der Waals surface area contributed by atoms with Gasteiger partial charge in [0.25, 0.3) is 5.91 Å². The number of carbonyl (C=O) groups is 1. The number of rotatable bonds is 4. The third-order valence-corrected chi connectivity index (χ3v) is 4.61. The van der Waals surface area contributed by atoms with Crippen molar-refractivity contribution >= 4 is 22.9 Å². The molecule has 3 rings (SSSR count). The number of nitrogens with one attached hydrogen (secondary N) is 1. The van der Waals surface area contributed by atoms with E-state index in [1.165, 1.54) is 29.5 Å². The van der Waals surface area contributed by atoms with Crippen LogP contribution in [0.5, 0.6) is 0 Å². The summed E-state index contributed by atoms with van der Waals surface area (Å²) in [6.45, 7) is 1.13. The van der Waals surface area contributed by atoms with Crippen molar-refractivity contribution in [2.75, 3.05) is 18.0 Å². The number of carbonyl (C=O) groups excluding carboxylic acids is 1. The largest absolute Gasteiger partial charge is 0.365 e. The van der Waals surface area contributed by atoms with Gasteiger partial charge in [0.05, 0.1) is 0 Å². The molecule has 1 aromatic carbocycles. The Kier molecular flexibility index (Phi) is 4.53. The molecule has 1 aromatic heterocycles. The Bertz CT molecular complexity index is 701. The van der Waals surface area contributed by atoms with Gasteiger partial charge in [-0.15, -0.1) is 11.3 Å². The number of anilines is 1. The van der Waals surface area contributed by atoms with Crippen LogP contribution in [0, 0.1) is 11.6 Å². The smallest absolute Gasteiger partial charge is 0.271 e. The van der Waals surface area contributed by atoms with Gasteiger partial charge in [-0.25, -0.2) is 13.8 Å². The van der Waals surface area contributed by atoms with E-state index in [2.05, 4.69) is 10.3 Å². The Labute approximate surface area is 136 Å². The first kappa shape index (κ1) is 15.8. The number of aromatic nitrogens is 1. The molecule has 1 aliphatic rings. The summed E-state index contributed by atoms with van der Waals surface area (Å²) in [4.78, 5) is 17.9. The molecule has 0 saturated carbocycles. The fourth-order valence-electron chi connectivity index (χ4n) is 2.64. The van der Waals surface area contributed by atoms with E-state index in [1.54, 1.807) is 10.3 Å². The number of hydrogen-bond donors (Lipinski definition) is 2. The van der Waals surface area contributed by atoms with Gasteiger partial charge < -0.3 is 16.0 Å². The number of para-hydroxylation sites is 1. The number of nitrogens with zero attached hydrogens (tertiary/aromatic N) is 2. The molecule has 2 heterocycles. The minimum absolute atomic E-state index is 0.0386. The molecule has 122 valence electrons. The number of thiazole rings is 1. The Morgan fingerprint density at radius 2 is 2.17 bits per heavy atom. The van der Waals surface area contributed by atoms with Crippen LogP contribution in [-0.4, -0.2) is 30.0 Å². The monoisotopic (exact) mass is 338 g/mol. The third-order valence-electron chi connectivity index (χ3n) is 3.74. The van der Waals surface area contributed by atoms with Gasteiger partial charge in [0.2, 0.25) is 0 Å². The third kappa shape index (κ3) is 3.32. The molecule has 3 N–H and O–H groups in total. The lowest BCUT2D eigenvalue weighted by Crippen LogP contribution is -2.37. The number of benzene rings is 1. The summed E-state index contributed by atoms with van der Waals surface area (Å²) in [5, 5.41) is 5.19. The maximum absolute atomic E-state index is 13.8. The Morgan fingerprint density at radius 1 is 1.43 bits per heavy atom. The number of hydrogen-bond acceptors (Lipinski definition) is 5. The fraction of sp³-hybridized carbons (Fsp3) is 0.333. The van der Waals surface area contributed by atoms with Crippen LogP contribution in [0.4, 0.5) is 14.5 Å². The second-order valence-corrected chi connectivity index (χ2v) is 6.25. The highest BCUT2D eigenvalue weighted by Gasteiger charge is 2.28. The average Bonchev–Trinajstić information content (AvgIpc) is 3.16. The van der Waals surface area contributed by atoms with Gasteiger partial charge in [-0.1, -0.05) is 6.07 Å². The SMILES string of the molecule is NCc1nc(C(=O)NC2CCN(c3c(F)cccc3F)C2)cs1. The van der Waals surface area contributed by atoms with E-state index in [1.807, 2.05) is 0 Å². The zero-order valence-corrected chi connectivity index (χ0v) is 13.1. The van der Waals surface area contributed by atoms with Crippen LogP contribution >= 0.6 is 11.3 Å². The number of amides is 1. The molecule has 1 amide bonds. The van der Waals surface area contributed by atoms with Crippen LogP contribution in [-0.2, 0) is 6.54 Å². The second kappa shape index (κ2) is 6.59. The maximum atomic E-state index is 13.8. The van der Waals surface area contributed by atoms with Crippen molar-refractivity contribution in [1.29, 1.82) is 0 Å². The normalized spacial score (nSPS) is 17.5. The van der Waals surface area contributed by atoms with Crippen molar-refractivity contribution in [1.82, 2.24) is 10.3 Å². The van der Waals surface area contributed by atoms with E-state index in [9.17, 15) is 13.6 Å². The van der Waals surface area contributed by atoms with E-state index < -0.39 is 11.6 Å². The van der Waals surface area contributed by atoms with Crippen molar-refractivity contribution in [2.24, 2.45) is 5.73 Å². The number of halogens is 2. The molecule has 0 aliphatic carbocycles. The van der Waals surface area contributed by atoms with Crippen LogP contribution in [0.1, 0.15) is 21.9 Å². The molecule has 2 aromatic rings. The molecular weight excluding hydrogens is 322 g/mol. The minimum Gasteiger partial charge on any atom is -0.365 e. The lowest BCUT2D eigenvalue weighted by atomic mass is 10.2. The Balaban J connectivity index is 1.65. The standard InChI is InChI=1S/C15H16F2N4OS/c16-10-2-1-3-11(17)14(10)21-5-4-9(7-21)19-15(22)12-8-23-13(6-18)20-12/h1-3,8-9H,4-7,18H2,(H,19,22). The Morgan fingerprint density at radius 3 is 2.83 bits per heavy atom. The lowest BCUT2D eigenvalue weighted by Gasteiger charge is -2.20. The van der Waals surface area contributed by atoms with Gasteiger partial charge in [-0.2, -0.15) is 0 Å². The van der Waals surface area contributed by atoms with Crippen LogP contribution in [0.3, 0.4) is 0 Å². The summed E-state index contributed by atoms with van der Waals surface area (Å²) in [5.41, 5.74) is 5.76. The zero-order valence-electron chi connectivity index (χ0n) is 12.3.